The quantitative estimate of drug-likeness (QED) is 0.621. The van der Waals surface area contributed by atoms with E-state index in [4.69, 9.17) is 0 Å². The van der Waals surface area contributed by atoms with Crippen molar-refractivity contribution in [2.24, 2.45) is 0 Å². The molecule has 0 aliphatic rings. The Balaban J connectivity index is 1.50. The topological polar surface area (TPSA) is 55.1 Å². The molecule has 0 atom stereocenters. The van der Waals surface area contributed by atoms with Crippen LogP contribution < -0.4 is 5.32 Å². The molecule has 3 heterocycles. The molecule has 0 saturated carbocycles. The van der Waals surface area contributed by atoms with Gasteiger partial charge in [-0.05, 0) is 19.1 Å². The Morgan fingerprint density at radius 2 is 1.91 bits per heavy atom. The van der Waals surface area contributed by atoms with Gasteiger partial charge in [0.2, 0.25) is 5.13 Å². The van der Waals surface area contributed by atoms with Gasteiger partial charge >= 0.3 is 0 Å². The van der Waals surface area contributed by atoms with Gasteiger partial charge in [0.05, 0.1) is 12.2 Å². The smallest absolute Gasteiger partial charge is 0.203 e. The van der Waals surface area contributed by atoms with Gasteiger partial charge in [0.1, 0.15) is 5.65 Å². The number of anilines is 1. The number of aryl methyl sites for hydroxylation is 1. The fraction of sp³-hybridized carbons (Fsp3) is 0.118. The summed E-state index contributed by atoms with van der Waals surface area (Å²) in [5.41, 5.74) is 4.14. The predicted octanol–water partition coefficient (Wildman–Crippen LogP) is 3.77. The van der Waals surface area contributed by atoms with E-state index < -0.39 is 0 Å². The summed E-state index contributed by atoms with van der Waals surface area (Å²) < 4.78 is 6.49. The lowest BCUT2D eigenvalue weighted by atomic mass is 10.2. The summed E-state index contributed by atoms with van der Waals surface area (Å²) >= 11 is 1.37. The minimum atomic E-state index is 0.630. The summed E-state index contributed by atoms with van der Waals surface area (Å²) in [5, 5.41) is 4.10. The number of fused-ring (bicyclic) bond motifs is 1. The molecule has 0 amide bonds. The lowest BCUT2D eigenvalue weighted by molar-refractivity contribution is 1.06. The van der Waals surface area contributed by atoms with Crippen LogP contribution in [0.5, 0.6) is 0 Å². The standard InChI is InChI=1S/C17H15N5S/c1-12-6-5-9-15-19-14(11-22(12)15)10-18-17-20-16(21-23-17)13-7-3-2-4-8-13/h2-9,11H,10H2,1H3,(H,18,20,21). The maximum atomic E-state index is 4.61. The van der Waals surface area contributed by atoms with Gasteiger partial charge in [-0.3, -0.25) is 0 Å². The second kappa shape index (κ2) is 5.81. The summed E-state index contributed by atoms with van der Waals surface area (Å²) in [5.74, 6) is 0.754. The van der Waals surface area contributed by atoms with Crippen LogP contribution in [0.4, 0.5) is 5.13 Å². The molecule has 6 heteroatoms. The first kappa shape index (κ1) is 13.9. The minimum absolute atomic E-state index is 0.630. The first-order valence-corrected chi connectivity index (χ1v) is 8.13. The number of nitrogens with zero attached hydrogens (tertiary/aromatic N) is 4. The van der Waals surface area contributed by atoms with E-state index in [0.29, 0.717) is 6.54 Å². The summed E-state index contributed by atoms with van der Waals surface area (Å²) in [4.78, 5) is 9.14. The molecule has 4 rings (SSSR count). The highest BCUT2D eigenvalue weighted by Gasteiger charge is 2.07. The molecule has 0 saturated heterocycles. The second-order valence-electron chi connectivity index (χ2n) is 5.27. The number of aromatic nitrogens is 4. The molecule has 4 aromatic rings. The Bertz CT molecular complexity index is 942. The zero-order chi connectivity index (χ0) is 15.6. The van der Waals surface area contributed by atoms with E-state index in [2.05, 4.69) is 43.2 Å². The van der Waals surface area contributed by atoms with Crippen LogP contribution in [0.2, 0.25) is 0 Å². The van der Waals surface area contributed by atoms with E-state index in [1.807, 2.05) is 42.5 Å². The average molecular weight is 321 g/mol. The number of hydrogen-bond donors (Lipinski definition) is 1. The van der Waals surface area contributed by atoms with Crippen LogP contribution in [0, 0.1) is 6.92 Å². The first-order chi connectivity index (χ1) is 11.3. The van der Waals surface area contributed by atoms with E-state index in [-0.39, 0.29) is 0 Å². The molecule has 3 aromatic heterocycles. The molecule has 0 aliphatic carbocycles. The molecule has 0 bridgehead atoms. The highest BCUT2D eigenvalue weighted by atomic mass is 32.1. The van der Waals surface area contributed by atoms with Crippen LogP contribution in [0.25, 0.3) is 17.0 Å². The van der Waals surface area contributed by atoms with Crippen LogP contribution in [-0.4, -0.2) is 18.7 Å². The largest absolute Gasteiger partial charge is 0.355 e. The van der Waals surface area contributed by atoms with Gasteiger partial charge < -0.3 is 9.72 Å². The van der Waals surface area contributed by atoms with Gasteiger partial charge in [-0.15, -0.1) is 0 Å². The molecule has 0 fully saturated rings. The molecule has 0 unspecified atom stereocenters. The number of hydrogen-bond acceptors (Lipinski definition) is 5. The van der Waals surface area contributed by atoms with Crippen molar-refractivity contribution in [1.29, 1.82) is 0 Å². The third-order valence-corrected chi connectivity index (χ3v) is 4.30. The van der Waals surface area contributed by atoms with E-state index in [0.717, 1.165) is 27.9 Å². The van der Waals surface area contributed by atoms with Gasteiger partial charge in [0.25, 0.3) is 0 Å². The van der Waals surface area contributed by atoms with Crippen molar-refractivity contribution < 1.29 is 0 Å². The van der Waals surface area contributed by atoms with Crippen molar-refractivity contribution in [3.8, 4) is 11.4 Å². The third-order valence-electron chi connectivity index (χ3n) is 3.62. The average Bonchev–Trinajstić information content (AvgIpc) is 3.21. The summed E-state index contributed by atoms with van der Waals surface area (Å²) in [6, 6.07) is 16.1. The van der Waals surface area contributed by atoms with Gasteiger partial charge in [-0.25, -0.2) is 4.98 Å². The summed E-state index contributed by atoms with van der Waals surface area (Å²) in [6.45, 7) is 2.70. The maximum Gasteiger partial charge on any atom is 0.203 e. The Kier molecular flexibility index (Phi) is 3.51. The van der Waals surface area contributed by atoms with E-state index in [9.17, 15) is 0 Å². The van der Waals surface area contributed by atoms with Crippen molar-refractivity contribution in [3.05, 3.63) is 66.1 Å². The molecular weight excluding hydrogens is 306 g/mol. The third kappa shape index (κ3) is 2.80. The van der Waals surface area contributed by atoms with Crippen LogP contribution in [0.15, 0.2) is 54.7 Å². The van der Waals surface area contributed by atoms with E-state index in [1.165, 1.54) is 17.2 Å². The van der Waals surface area contributed by atoms with Crippen molar-refractivity contribution in [2.45, 2.75) is 13.5 Å². The predicted molar refractivity (Wildman–Crippen MR) is 92.6 cm³/mol. The Morgan fingerprint density at radius 3 is 2.74 bits per heavy atom. The lowest BCUT2D eigenvalue weighted by Crippen LogP contribution is -1.99. The molecule has 1 aromatic carbocycles. The Morgan fingerprint density at radius 1 is 1.04 bits per heavy atom. The van der Waals surface area contributed by atoms with Crippen LogP contribution in [0.1, 0.15) is 11.4 Å². The fourth-order valence-corrected chi connectivity index (χ4v) is 3.03. The van der Waals surface area contributed by atoms with Crippen LogP contribution in [0.3, 0.4) is 0 Å². The molecule has 0 aliphatic heterocycles. The Labute approximate surface area is 137 Å². The van der Waals surface area contributed by atoms with Crippen LogP contribution in [-0.2, 0) is 6.54 Å². The normalized spacial score (nSPS) is 11.0. The van der Waals surface area contributed by atoms with Gasteiger partial charge in [-0.2, -0.15) is 9.36 Å². The molecular formula is C17H15N5S. The summed E-state index contributed by atoms with van der Waals surface area (Å²) in [7, 11) is 0. The van der Waals surface area contributed by atoms with E-state index >= 15 is 0 Å². The number of benzene rings is 1. The zero-order valence-corrected chi connectivity index (χ0v) is 13.4. The van der Waals surface area contributed by atoms with E-state index in [1.54, 1.807) is 0 Å². The van der Waals surface area contributed by atoms with Crippen LogP contribution >= 0.6 is 11.5 Å². The monoisotopic (exact) mass is 321 g/mol. The maximum absolute atomic E-state index is 4.61. The van der Waals surface area contributed by atoms with Crippen molar-refractivity contribution in [2.75, 3.05) is 5.32 Å². The molecule has 0 radical (unpaired) electrons. The first-order valence-electron chi connectivity index (χ1n) is 7.36. The summed E-state index contributed by atoms with van der Waals surface area (Å²) in [6.07, 6.45) is 2.05. The highest BCUT2D eigenvalue weighted by Crippen LogP contribution is 2.21. The number of rotatable bonds is 4. The minimum Gasteiger partial charge on any atom is -0.355 e. The van der Waals surface area contributed by atoms with Gasteiger partial charge in [0.15, 0.2) is 5.82 Å². The molecule has 0 spiro atoms. The van der Waals surface area contributed by atoms with Crippen molar-refractivity contribution >= 4 is 22.3 Å². The fourth-order valence-electron chi connectivity index (χ4n) is 2.45. The lowest BCUT2D eigenvalue weighted by Gasteiger charge is -1.97. The second-order valence-corrected chi connectivity index (χ2v) is 6.02. The number of pyridine rings is 1. The van der Waals surface area contributed by atoms with Gasteiger partial charge in [-0.1, -0.05) is 36.4 Å². The van der Waals surface area contributed by atoms with Crippen molar-refractivity contribution in [3.63, 3.8) is 0 Å². The van der Waals surface area contributed by atoms with Gasteiger partial charge in [0, 0.05) is 29.0 Å². The highest BCUT2D eigenvalue weighted by molar-refractivity contribution is 7.09. The number of nitrogens with one attached hydrogen (secondary N) is 1. The van der Waals surface area contributed by atoms with Crippen molar-refractivity contribution in [1.82, 2.24) is 18.7 Å². The molecule has 1 N–H and O–H groups in total. The number of imidazole rings is 1. The SMILES string of the molecule is Cc1cccc2nc(CNc3nc(-c4ccccc4)ns3)cn12. The molecule has 114 valence electrons. The Hall–Kier alpha value is -2.73. The zero-order valence-electron chi connectivity index (χ0n) is 12.6. The molecule has 5 nitrogen and oxygen atoms in total. The molecule has 23 heavy (non-hydrogen) atoms.